The fraction of sp³-hybridized carbons (Fsp3) is 0.176. The molecule has 0 radical (unpaired) electrons. The second kappa shape index (κ2) is 6.83. The Bertz CT molecular complexity index is 751. The zero-order valence-electron chi connectivity index (χ0n) is 12.4. The number of phenols is 2. The van der Waals surface area contributed by atoms with Gasteiger partial charge in [-0.15, -0.1) is 0 Å². The number of carbonyl (C=O) groups is 2. The number of hydrogen-bond donors (Lipinski definition) is 3. The highest BCUT2D eigenvalue weighted by molar-refractivity contribution is 6.03. The zero-order chi connectivity index (χ0) is 17.0. The van der Waals surface area contributed by atoms with Crippen molar-refractivity contribution in [1.82, 2.24) is 0 Å². The van der Waals surface area contributed by atoms with Gasteiger partial charge in [0.2, 0.25) is 0 Å². The normalized spacial score (nSPS) is 10.3. The van der Waals surface area contributed by atoms with Crippen LogP contribution in [-0.2, 0) is 4.74 Å². The average molecular weight is 316 g/mol. The molecule has 0 spiro atoms. The van der Waals surface area contributed by atoms with Crippen LogP contribution in [0.1, 0.15) is 34.1 Å². The van der Waals surface area contributed by atoms with Gasteiger partial charge in [-0.1, -0.05) is 6.92 Å². The SMILES string of the molecule is CCCOC(=O)c1ccc(O)cc1-c1cc(O)ccc1C(=O)O. The number of hydrogen-bond acceptors (Lipinski definition) is 5. The van der Waals surface area contributed by atoms with Crippen molar-refractivity contribution in [2.45, 2.75) is 13.3 Å². The quantitative estimate of drug-likeness (QED) is 0.732. The van der Waals surface area contributed by atoms with Gasteiger partial charge >= 0.3 is 11.9 Å². The van der Waals surface area contributed by atoms with E-state index in [9.17, 15) is 24.9 Å². The molecule has 6 heteroatoms. The first kappa shape index (κ1) is 16.4. The topological polar surface area (TPSA) is 104 Å². The van der Waals surface area contributed by atoms with Gasteiger partial charge in [-0.2, -0.15) is 0 Å². The van der Waals surface area contributed by atoms with Crippen molar-refractivity contribution in [2.24, 2.45) is 0 Å². The molecule has 0 aliphatic carbocycles. The van der Waals surface area contributed by atoms with Gasteiger partial charge in [-0.05, 0) is 42.8 Å². The van der Waals surface area contributed by atoms with E-state index in [1.165, 1.54) is 36.4 Å². The van der Waals surface area contributed by atoms with Crippen LogP contribution in [0.3, 0.4) is 0 Å². The van der Waals surface area contributed by atoms with Gasteiger partial charge in [0.25, 0.3) is 0 Å². The Labute approximate surface area is 132 Å². The number of rotatable bonds is 5. The maximum Gasteiger partial charge on any atom is 0.338 e. The molecule has 0 saturated carbocycles. The van der Waals surface area contributed by atoms with Crippen LogP contribution in [0.5, 0.6) is 11.5 Å². The highest BCUT2D eigenvalue weighted by Crippen LogP contribution is 2.33. The summed E-state index contributed by atoms with van der Waals surface area (Å²) in [4.78, 5) is 23.5. The highest BCUT2D eigenvalue weighted by Gasteiger charge is 2.20. The van der Waals surface area contributed by atoms with Crippen molar-refractivity contribution >= 4 is 11.9 Å². The zero-order valence-corrected chi connectivity index (χ0v) is 12.4. The van der Waals surface area contributed by atoms with E-state index in [4.69, 9.17) is 4.74 Å². The van der Waals surface area contributed by atoms with E-state index in [1.54, 1.807) is 0 Å². The molecule has 0 amide bonds. The summed E-state index contributed by atoms with van der Waals surface area (Å²) in [5.74, 6) is -2.12. The van der Waals surface area contributed by atoms with Crippen LogP contribution in [0.4, 0.5) is 0 Å². The summed E-state index contributed by atoms with van der Waals surface area (Å²) in [6, 6.07) is 7.65. The summed E-state index contributed by atoms with van der Waals surface area (Å²) in [5.41, 5.74) is 0.318. The Hall–Kier alpha value is -3.02. The Balaban J connectivity index is 2.63. The average Bonchev–Trinajstić information content (AvgIpc) is 2.52. The summed E-state index contributed by atoms with van der Waals surface area (Å²) >= 11 is 0. The van der Waals surface area contributed by atoms with Gasteiger partial charge in [0.15, 0.2) is 0 Å². The van der Waals surface area contributed by atoms with E-state index < -0.39 is 11.9 Å². The second-order valence-corrected chi connectivity index (χ2v) is 4.90. The lowest BCUT2D eigenvalue weighted by molar-refractivity contribution is 0.0505. The van der Waals surface area contributed by atoms with Crippen molar-refractivity contribution in [2.75, 3.05) is 6.61 Å². The first-order valence-corrected chi connectivity index (χ1v) is 7.01. The minimum absolute atomic E-state index is 0.0991. The van der Waals surface area contributed by atoms with Crippen LogP contribution < -0.4 is 0 Å². The molecule has 0 aliphatic rings. The number of aromatic carboxylic acids is 1. The van der Waals surface area contributed by atoms with Crippen molar-refractivity contribution in [3.05, 3.63) is 47.5 Å². The van der Waals surface area contributed by atoms with Crippen LogP contribution in [0.15, 0.2) is 36.4 Å². The molecule has 0 saturated heterocycles. The summed E-state index contributed by atoms with van der Waals surface area (Å²) in [7, 11) is 0. The predicted octanol–water partition coefficient (Wildman–Crippen LogP) is 3.03. The first-order chi connectivity index (χ1) is 10.9. The largest absolute Gasteiger partial charge is 0.508 e. The van der Waals surface area contributed by atoms with Gasteiger partial charge in [0.1, 0.15) is 11.5 Å². The van der Waals surface area contributed by atoms with Gasteiger partial charge in [-0.3, -0.25) is 0 Å². The molecule has 2 aromatic carbocycles. The minimum atomic E-state index is -1.21. The second-order valence-electron chi connectivity index (χ2n) is 4.90. The summed E-state index contributed by atoms with van der Waals surface area (Å²) in [6.07, 6.45) is 0.645. The van der Waals surface area contributed by atoms with E-state index in [1.807, 2.05) is 6.92 Å². The standard InChI is InChI=1S/C17H16O6/c1-2-7-23-17(22)13-6-4-11(19)9-15(13)14-8-10(18)3-5-12(14)16(20)21/h3-6,8-9,18-19H,2,7H2,1H3,(H,20,21). The van der Waals surface area contributed by atoms with Crippen LogP contribution in [0.2, 0.25) is 0 Å². The van der Waals surface area contributed by atoms with Crippen LogP contribution in [0, 0.1) is 0 Å². The summed E-state index contributed by atoms with van der Waals surface area (Å²) in [5, 5.41) is 28.6. The fourth-order valence-electron chi connectivity index (χ4n) is 2.15. The number of phenolic OH excluding ortho intramolecular Hbond substituents is 2. The number of ether oxygens (including phenoxy) is 1. The third-order valence-electron chi connectivity index (χ3n) is 3.18. The van der Waals surface area contributed by atoms with Crippen LogP contribution in [-0.4, -0.2) is 33.9 Å². The maximum atomic E-state index is 12.2. The molecule has 23 heavy (non-hydrogen) atoms. The van der Waals surface area contributed by atoms with Crippen LogP contribution in [0.25, 0.3) is 11.1 Å². The lowest BCUT2D eigenvalue weighted by Gasteiger charge is -2.12. The number of benzene rings is 2. The number of esters is 1. The molecule has 2 rings (SSSR count). The number of carbonyl (C=O) groups excluding carboxylic acids is 1. The molecule has 3 N–H and O–H groups in total. The molecule has 0 bridgehead atoms. The molecule has 0 aromatic heterocycles. The first-order valence-electron chi connectivity index (χ1n) is 7.01. The lowest BCUT2D eigenvalue weighted by atomic mass is 9.94. The van der Waals surface area contributed by atoms with E-state index >= 15 is 0 Å². The molecular weight excluding hydrogens is 300 g/mol. The van der Waals surface area contributed by atoms with Crippen molar-refractivity contribution in [1.29, 1.82) is 0 Å². The third kappa shape index (κ3) is 3.60. The van der Waals surface area contributed by atoms with Crippen LogP contribution >= 0.6 is 0 Å². The fourth-order valence-corrected chi connectivity index (χ4v) is 2.15. The highest BCUT2D eigenvalue weighted by atomic mass is 16.5. The Kier molecular flexibility index (Phi) is 4.85. The van der Waals surface area contributed by atoms with Gasteiger partial charge < -0.3 is 20.1 Å². The molecule has 0 aliphatic heterocycles. The number of carboxylic acid groups (broad SMARTS) is 1. The third-order valence-corrected chi connectivity index (χ3v) is 3.18. The van der Waals surface area contributed by atoms with Crippen molar-refractivity contribution in [3.8, 4) is 22.6 Å². The molecule has 120 valence electrons. The van der Waals surface area contributed by atoms with E-state index in [2.05, 4.69) is 0 Å². The van der Waals surface area contributed by atoms with E-state index in [-0.39, 0.29) is 40.4 Å². The van der Waals surface area contributed by atoms with E-state index in [0.717, 1.165) is 0 Å². The van der Waals surface area contributed by atoms with E-state index in [0.29, 0.717) is 6.42 Å². The number of aromatic hydroxyl groups is 2. The summed E-state index contributed by atoms with van der Waals surface area (Å²) in [6.45, 7) is 2.08. The monoisotopic (exact) mass is 316 g/mol. The van der Waals surface area contributed by atoms with Crippen molar-refractivity contribution in [3.63, 3.8) is 0 Å². The Morgan fingerprint density at radius 2 is 1.48 bits per heavy atom. The van der Waals surface area contributed by atoms with Crippen molar-refractivity contribution < 1.29 is 29.6 Å². The Morgan fingerprint density at radius 1 is 0.957 bits per heavy atom. The Morgan fingerprint density at radius 3 is 2.00 bits per heavy atom. The van der Waals surface area contributed by atoms with Gasteiger partial charge in [0.05, 0.1) is 17.7 Å². The molecule has 0 atom stereocenters. The molecule has 0 heterocycles. The predicted molar refractivity (Wildman–Crippen MR) is 82.7 cm³/mol. The van der Waals surface area contributed by atoms with Gasteiger partial charge in [0, 0.05) is 11.1 Å². The maximum absolute atomic E-state index is 12.2. The molecule has 2 aromatic rings. The minimum Gasteiger partial charge on any atom is -0.508 e. The van der Waals surface area contributed by atoms with Gasteiger partial charge in [-0.25, -0.2) is 9.59 Å². The molecule has 0 unspecified atom stereocenters. The smallest absolute Gasteiger partial charge is 0.338 e. The molecule has 6 nitrogen and oxygen atoms in total. The summed E-state index contributed by atoms with van der Waals surface area (Å²) < 4.78 is 5.08. The molecule has 0 fully saturated rings. The lowest BCUT2D eigenvalue weighted by Crippen LogP contribution is -2.09. The molecular formula is C17H16O6. The number of carboxylic acids is 1.